The van der Waals surface area contributed by atoms with E-state index < -0.39 is 5.97 Å². The van der Waals surface area contributed by atoms with Crippen LogP contribution in [0.2, 0.25) is 0 Å². The summed E-state index contributed by atoms with van der Waals surface area (Å²) in [5.74, 6) is -0.883. The van der Waals surface area contributed by atoms with Crippen molar-refractivity contribution in [2.24, 2.45) is 29.6 Å². The summed E-state index contributed by atoms with van der Waals surface area (Å²) in [6.45, 7) is 0.756. The monoisotopic (exact) mass is 682 g/mol. The third kappa shape index (κ3) is 5.07. The fourth-order valence-electron chi connectivity index (χ4n) is 8.00. The van der Waals surface area contributed by atoms with Crippen LogP contribution in [0.25, 0.3) is 0 Å². The first kappa shape index (κ1) is 28.9. The van der Waals surface area contributed by atoms with Crippen molar-refractivity contribution in [1.29, 1.82) is 0 Å². The minimum absolute atomic E-state index is 0.0252. The number of rotatable bonds is 10. The summed E-state index contributed by atoms with van der Waals surface area (Å²) >= 11 is 6.58. The number of unbranched alkanes of at least 4 members (excludes halogenated alkanes) is 2. The number of halogens is 1. The molecule has 2 aromatic carbocycles. The molecule has 0 spiro atoms. The molecular formula is C32H31BrN2O6S2. The van der Waals surface area contributed by atoms with Gasteiger partial charge in [0.1, 0.15) is 12.4 Å². The molecule has 2 N–H and O–H groups in total. The summed E-state index contributed by atoms with van der Waals surface area (Å²) < 4.78 is 7.34. The number of hydrogen-bond acceptors (Lipinski definition) is 7. The third-order valence-corrected chi connectivity index (χ3v) is 12.7. The number of aliphatic carboxylic acids is 1. The normalized spacial score (nSPS) is 28.6. The van der Waals surface area contributed by atoms with Gasteiger partial charge in [-0.25, -0.2) is 0 Å². The highest BCUT2D eigenvalue weighted by atomic mass is 79.9. The number of aromatic amines is 1. The lowest BCUT2D eigenvalue weighted by Crippen LogP contribution is -2.42. The summed E-state index contributed by atoms with van der Waals surface area (Å²) in [4.78, 5) is 56.4. The Morgan fingerprint density at radius 2 is 1.79 bits per heavy atom. The predicted octanol–water partition coefficient (Wildman–Crippen LogP) is 5.90. The average Bonchev–Trinajstić information content (AvgIpc) is 3.72. The van der Waals surface area contributed by atoms with E-state index in [2.05, 4.69) is 27.0 Å². The molecule has 7 atom stereocenters. The van der Waals surface area contributed by atoms with Crippen LogP contribution in [0.3, 0.4) is 0 Å². The highest BCUT2D eigenvalue weighted by Crippen LogP contribution is 2.69. The minimum atomic E-state index is -0.831. The van der Waals surface area contributed by atoms with Gasteiger partial charge in [-0.15, -0.1) is 11.8 Å². The number of aromatic nitrogens is 1. The fourth-order valence-corrected chi connectivity index (χ4v) is 11.3. The third-order valence-electron chi connectivity index (χ3n) is 9.63. The maximum atomic E-state index is 13.8. The lowest BCUT2D eigenvalue weighted by atomic mass is 9.68. The van der Waals surface area contributed by atoms with Crippen LogP contribution in [-0.4, -0.2) is 44.6 Å². The molecular weight excluding hydrogens is 652 g/mol. The zero-order valence-electron chi connectivity index (χ0n) is 23.2. The Bertz CT molecular complexity index is 1640. The molecule has 1 aromatic heterocycles. The van der Waals surface area contributed by atoms with Crippen LogP contribution in [0.4, 0.5) is 0 Å². The molecule has 2 aliphatic carbocycles. The number of ether oxygens (including phenoxy) is 1. The second-order valence-corrected chi connectivity index (χ2v) is 15.1. The van der Waals surface area contributed by atoms with Gasteiger partial charge in [0, 0.05) is 39.0 Å². The van der Waals surface area contributed by atoms with Crippen molar-refractivity contribution in [2.75, 3.05) is 6.54 Å². The van der Waals surface area contributed by atoms with E-state index in [4.69, 9.17) is 9.84 Å². The van der Waals surface area contributed by atoms with Crippen molar-refractivity contribution >= 4 is 56.8 Å². The number of nitrogens with one attached hydrogen (secondary N) is 1. The van der Waals surface area contributed by atoms with Gasteiger partial charge in [-0.1, -0.05) is 64.0 Å². The number of carboxylic acid groups (broad SMARTS) is 1. The molecule has 7 rings (SSSR count). The van der Waals surface area contributed by atoms with Gasteiger partial charge in [-0.05, 0) is 60.8 Å². The number of H-pyrrole nitrogens is 1. The topological polar surface area (TPSA) is 117 Å². The zero-order chi connectivity index (χ0) is 29.8. The number of imide groups is 1. The number of carbonyl (C=O) groups is 3. The first-order valence-corrected chi connectivity index (χ1v) is 17.2. The average molecular weight is 684 g/mol. The summed E-state index contributed by atoms with van der Waals surface area (Å²) in [5, 5.41) is 9.88. The predicted molar refractivity (Wildman–Crippen MR) is 166 cm³/mol. The number of nitrogens with zero attached hydrogens (tertiary/aromatic N) is 1. The largest absolute Gasteiger partial charge is 0.489 e. The highest BCUT2D eigenvalue weighted by Gasteiger charge is 2.69. The Balaban J connectivity index is 1.20. The minimum Gasteiger partial charge on any atom is -0.489 e. The number of amides is 2. The van der Waals surface area contributed by atoms with Crippen LogP contribution in [0.1, 0.15) is 54.0 Å². The maximum absolute atomic E-state index is 13.8. The molecule has 2 aliphatic heterocycles. The van der Waals surface area contributed by atoms with Gasteiger partial charge < -0.3 is 14.8 Å². The fraction of sp³-hybridized carbons (Fsp3) is 0.438. The van der Waals surface area contributed by atoms with Gasteiger partial charge in [0.05, 0.1) is 16.9 Å². The molecule has 3 aromatic rings. The van der Waals surface area contributed by atoms with Gasteiger partial charge in [0.2, 0.25) is 11.8 Å². The van der Waals surface area contributed by atoms with E-state index in [-0.39, 0.29) is 63.9 Å². The standard InChI is InChI=1S/C32H31BrN2O6S2/c33-17-10-11-21(41-15-16-7-3-1-4-8-16)18(13-17)23-24-19-14-20(27(24)42-29-28(23)43-32(40)34-29)26-25(19)30(38)35(31(26)39)12-6-2-5-9-22(36)37/h1,3-4,7-8,10-11,13,19-20,23-27H,2,5-6,9,12,14-15H2,(H,34,40)(H,36,37)/t19?,20?,23-,24?,25?,26?,27?/m1/s1. The molecule has 0 radical (unpaired) electrons. The highest BCUT2D eigenvalue weighted by molar-refractivity contribution is 9.10. The summed E-state index contributed by atoms with van der Waals surface area (Å²) in [6, 6.07) is 16.0. The Morgan fingerprint density at radius 3 is 2.56 bits per heavy atom. The van der Waals surface area contributed by atoms with E-state index in [1.807, 2.05) is 42.5 Å². The van der Waals surface area contributed by atoms with Crippen LogP contribution < -0.4 is 9.61 Å². The number of carbonyl (C=O) groups excluding carboxylic acids is 2. The number of thiazole rings is 1. The molecule has 2 saturated carbocycles. The molecule has 3 fully saturated rings. The molecule has 4 aliphatic rings. The Labute approximate surface area is 265 Å². The number of carboxylic acids is 1. The van der Waals surface area contributed by atoms with Crippen molar-refractivity contribution in [3.05, 3.63) is 78.7 Å². The lowest BCUT2D eigenvalue weighted by molar-refractivity contribution is -0.141. The van der Waals surface area contributed by atoms with Gasteiger partial charge in [0.15, 0.2) is 0 Å². The quantitative estimate of drug-likeness (QED) is 0.202. The smallest absolute Gasteiger partial charge is 0.305 e. The van der Waals surface area contributed by atoms with E-state index in [9.17, 15) is 19.2 Å². The molecule has 3 heterocycles. The van der Waals surface area contributed by atoms with Crippen LogP contribution in [0.5, 0.6) is 5.75 Å². The van der Waals surface area contributed by atoms with Crippen molar-refractivity contribution in [2.45, 2.75) is 54.9 Å². The molecule has 224 valence electrons. The van der Waals surface area contributed by atoms with E-state index >= 15 is 0 Å². The number of hydrogen-bond donors (Lipinski definition) is 2. The summed E-state index contributed by atoms with van der Waals surface area (Å²) in [6.07, 6.45) is 2.73. The van der Waals surface area contributed by atoms with Crippen LogP contribution in [-0.2, 0) is 21.0 Å². The molecule has 8 nitrogen and oxygen atoms in total. The second-order valence-electron chi connectivity index (χ2n) is 11.9. The summed E-state index contributed by atoms with van der Waals surface area (Å²) in [5.41, 5.74) is 2.05. The van der Waals surface area contributed by atoms with Crippen molar-refractivity contribution < 1.29 is 24.2 Å². The Hall–Kier alpha value is -2.89. The number of thioether (sulfide) groups is 1. The lowest BCUT2D eigenvalue weighted by Gasteiger charge is -2.43. The van der Waals surface area contributed by atoms with E-state index in [0.717, 1.165) is 37.7 Å². The molecule has 1 saturated heterocycles. The molecule has 43 heavy (non-hydrogen) atoms. The van der Waals surface area contributed by atoms with E-state index in [1.165, 1.54) is 16.2 Å². The van der Waals surface area contributed by atoms with E-state index in [0.29, 0.717) is 32.4 Å². The zero-order valence-corrected chi connectivity index (χ0v) is 26.5. The molecule has 2 amide bonds. The van der Waals surface area contributed by atoms with Gasteiger partial charge in [-0.2, -0.15) is 0 Å². The van der Waals surface area contributed by atoms with E-state index in [1.54, 1.807) is 11.8 Å². The Kier molecular flexibility index (Phi) is 7.75. The SMILES string of the molecule is O=C(O)CCCCCN1C(=O)C2C3CC(C2C1=O)C1C3Sc2[nH]c(=O)sc2[C@@H]1c1cc(Br)ccc1OCc1ccccc1. The van der Waals surface area contributed by atoms with Crippen molar-refractivity contribution in [3.8, 4) is 5.75 Å². The molecule has 6 unspecified atom stereocenters. The van der Waals surface area contributed by atoms with Crippen LogP contribution >= 0.6 is 39.0 Å². The van der Waals surface area contributed by atoms with Crippen LogP contribution in [0.15, 0.2) is 62.8 Å². The van der Waals surface area contributed by atoms with Crippen molar-refractivity contribution in [3.63, 3.8) is 0 Å². The van der Waals surface area contributed by atoms with Gasteiger partial charge in [0.25, 0.3) is 0 Å². The Morgan fingerprint density at radius 1 is 1.02 bits per heavy atom. The molecule has 11 heteroatoms. The first-order chi connectivity index (χ1) is 20.8. The second kappa shape index (κ2) is 11.6. The van der Waals surface area contributed by atoms with Crippen LogP contribution in [0, 0.1) is 29.6 Å². The maximum Gasteiger partial charge on any atom is 0.305 e. The van der Waals surface area contributed by atoms with Crippen molar-refractivity contribution in [1.82, 2.24) is 9.88 Å². The number of likely N-dealkylation sites (tertiary alicyclic amines) is 1. The molecule has 2 bridgehead atoms. The summed E-state index contributed by atoms with van der Waals surface area (Å²) in [7, 11) is 0. The van der Waals surface area contributed by atoms with Gasteiger partial charge >= 0.3 is 10.8 Å². The first-order valence-electron chi connectivity index (χ1n) is 14.7. The van der Waals surface area contributed by atoms with Gasteiger partial charge in [-0.3, -0.25) is 24.1 Å². The number of benzene rings is 2. The number of fused-ring (bicyclic) bond motifs is 9.